The highest BCUT2D eigenvalue weighted by Crippen LogP contribution is 2.21. The molecule has 2 N–H and O–H groups in total. The summed E-state index contributed by atoms with van der Waals surface area (Å²) in [6.45, 7) is 1.51. The van der Waals surface area contributed by atoms with Crippen molar-refractivity contribution in [2.24, 2.45) is 12.8 Å². The first-order chi connectivity index (χ1) is 14.0. The number of nitrogens with zero attached hydrogens (tertiary/aromatic N) is 4. The van der Waals surface area contributed by atoms with Gasteiger partial charge in [-0.15, -0.1) is 0 Å². The molecule has 0 atom stereocenters. The van der Waals surface area contributed by atoms with Crippen LogP contribution in [0.5, 0.6) is 0 Å². The topological polar surface area (TPSA) is 77.0 Å². The number of amides is 1. The van der Waals surface area contributed by atoms with Gasteiger partial charge in [-0.2, -0.15) is 0 Å². The third kappa shape index (κ3) is 4.02. The molecule has 4 aromatic rings. The largest absolute Gasteiger partial charge is 0.366 e. The number of carbonyl (C=O) groups excluding carboxylic acids is 1. The lowest BCUT2D eigenvalue weighted by Crippen LogP contribution is -2.19. The zero-order valence-electron chi connectivity index (χ0n) is 16.5. The van der Waals surface area contributed by atoms with Gasteiger partial charge in [0.2, 0.25) is 5.91 Å². The molecule has 0 saturated carbocycles. The highest BCUT2D eigenvalue weighted by atomic mass is 16.1. The Bertz CT molecular complexity index is 1180. The molecule has 29 heavy (non-hydrogen) atoms. The third-order valence-electron chi connectivity index (χ3n) is 5.01. The van der Waals surface area contributed by atoms with Crippen LogP contribution in [0.3, 0.4) is 0 Å². The summed E-state index contributed by atoms with van der Waals surface area (Å²) < 4.78 is 2.14. The SMILES string of the molecule is CN(Cc1cccc(-c2cc(C(N)=O)ccn2)c1)Cc1nc2ccccc2n1C. The van der Waals surface area contributed by atoms with Gasteiger partial charge in [-0.05, 0) is 42.9 Å². The second kappa shape index (κ2) is 7.85. The van der Waals surface area contributed by atoms with Crippen LogP contribution in [0.2, 0.25) is 0 Å². The third-order valence-corrected chi connectivity index (χ3v) is 5.01. The Morgan fingerprint density at radius 2 is 1.90 bits per heavy atom. The van der Waals surface area contributed by atoms with Crippen molar-refractivity contribution in [2.45, 2.75) is 13.1 Å². The number of para-hydroxylation sites is 2. The predicted molar refractivity (Wildman–Crippen MR) is 114 cm³/mol. The van der Waals surface area contributed by atoms with E-state index in [1.54, 1.807) is 18.3 Å². The van der Waals surface area contributed by atoms with E-state index < -0.39 is 5.91 Å². The van der Waals surface area contributed by atoms with Gasteiger partial charge in [0.25, 0.3) is 0 Å². The molecular weight excluding hydrogens is 362 g/mol. The predicted octanol–water partition coefficient (Wildman–Crippen LogP) is 3.37. The fourth-order valence-corrected chi connectivity index (χ4v) is 3.52. The maximum absolute atomic E-state index is 11.4. The van der Waals surface area contributed by atoms with Gasteiger partial charge < -0.3 is 10.3 Å². The molecule has 0 aliphatic rings. The standard InChI is InChI=1S/C23H23N5O/c1-27(15-22-26-19-8-3-4-9-21(19)28(22)2)14-16-6-5-7-17(12-16)20-13-18(23(24)29)10-11-25-20/h3-13H,14-15H2,1-2H3,(H2,24,29). The summed E-state index contributed by atoms with van der Waals surface area (Å²) >= 11 is 0. The van der Waals surface area contributed by atoms with Crippen molar-refractivity contribution in [3.8, 4) is 11.3 Å². The number of carbonyl (C=O) groups is 1. The number of rotatable bonds is 6. The zero-order valence-corrected chi connectivity index (χ0v) is 16.5. The number of nitrogens with two attached hydrogens (primary N) is 1. The number of fused-ring (bicyclic) bond motifs is 1. The number of hydrogen-bond acceptors (Lipinski definition) is 4. The van der Waals surface area contributed by atoms with Crippen LogP contribution in [0.4, 0.5) is 0 Å². The number of aromatic nitrogens is 3. The van der Waals surface area contributed by atoms with Crippen molar-refractivity contribution in [2.75, 3.05) is 7.05 Å². The smallest absolute Gasteiger partial charge is 0.248 e. The molecule has 146 valence electrons. The Morgan fingerprint density at radius 1 is 1.07 bits per heavy atom. The Hall–Kier alpha value is -3.51. The van der Waals surface area contributed by atoms with Gasteiger partial charge in [0.05, 0.1) is 23.3 Å². The minimum absolute atomic E-state index is 0.452. The molecule has 0 unspecified atom stereocenters. The molecule has 0 fully saturated rings. The molecule has 2 aromatic carbocycles. The number of imidazole rings is 1. The van der Waals surface area contributed by atoms with Gasteiger partial charge in [-0.1, -0.05) is 30.3 Å². The van der Waals surface area contributed by atoms with Crippen LogP contribution in [0.25, 0.3) is 22.3 Å². The molecule has 4 rings (SSSR count). The lowest BCUT2D eigenvalue weighted by Gasteiger charge is -2.17. The van der Waals surface area contributed by atoms with Crippen molar-refractivity contribution in [3.05, 3.63) is 83.8 Å². The second-order valence-corrected chi connectivity index (χ2v) is 7.24. The summed E-state index contributed by atoms with van der Waals surface area (Å²) in [5.41, 5.74) is 10.9. The number of primary amides is 1. The summed E-state index contributed by atoms with van der Waals surface area (Å²) in [5, 5.41) is 0. The minimum Gasteiger partial charge on any atom is -0.366 e. The first-order valence-corrected chi connectivity index (χ1v) is 9.45. The maximum atomic E-state index is 11.4. The Morgan fingerprint density at radius 3 is 2.69 bits per heavy atom. The lowest BCUT2D eigenvalue weighted by molar-refractivity contribution is 0.1000. The molecule has 0 radical (unpaired) electrons. The Balaban J connectivity index is 1.52. The molecular formula is C23H23N5O. The van der Waals surface area contributed by atoms with Crippen molar-refractivity contribution in [1.82, 2.24) is 19.4 Å². The molecule has 2 heterocycles. The fraction of sp³-hybridized carbons (Fsp3) is 0.174. The van der Waals surface area contributed by atoms with Gasteiger partial charge in [0, 0.05) is 30.9 Å². The van der Waals surface area contributed by atoms with Crippen LogP contribution in [-0.4, -0.2) is 32.4 Å². The summed E-state index contributed by atoms with van der Waals surface area (Å²) in [6, 6.07) is 19.7. The van der Waals surface area contributed by atoms with Crippen LogP contribution in [-0.2, 0) is 20.1 Å². The number of pyridine rings is 1. The Kier molecular flexibility index (Phi) is 5.10. The van der Waals surface area contributed by atoms with Crippen molar-refractivity contribution >= 4 is 16.9 Å². The van der Waals surface area contributed by atoms with Crippen molar-refractivity contribution in [3.63, 3.8) is 0 Å². The normalized spacial score (nSPS) is 11.3. The summed E-state index contributed by atoms with van der Waals surface area (Å²) in [5.74, 6) is 0.577. The first-order valence-electron chi connectivity index (χ1n) is 9.45. The quantitative estimate of drug-likeness (QED) is 0.552. The van der Waals surface area contributed by atoms with Gasteiger partial charge in [-0.25, -0.2) is 4.98 Å². The van der Waals surface area contributed by atoms with Gasteiger partial charge in [0.1, 0.15) is 5.82 Å². The van der Waals surface area contributed by atoms with Crippen LogP contribution >= 0.6 is 0 Å². The monoisotopic (exact) mass is 385 g/mol. The van der Waals surface area contributed by atoms with E-state index in [1.165, 1.54) is 0 Å². The van der Waals surface area contributed by atoms with Crippen molar-refractivity contribution < 1.29 is 4.79 Å². The number of hydrogen-bond donors (Lipinski definition) is 1. The van der Waals surface area contributed by atoms with E-state index in [1.807, 2.05) is 30.3 Å². The molecule has 6 heteroatoms. The van der Waals surface area contributed by atoms with E-state index in [2.05, 4.69) is 46.7 Å². The highest BCUT2D eigenvalue weighted by Gasteiger charge is 2.11. The number of benzene rings is 2. The highest BCUT2D eigenvalue weighted by molar-refractivity contribution is 5.93. The fourth-order valence-electron chi connectivity index (χ4n) is 3.52. The van der Waals surface area contributed by atoms with Gasteiger partial charge in [0.15, 0.2) is 0 Å². The van der Waals surface area contributed by atoms with E-state index in [9.17, 15) is 4.79 Å². The van der Waals surface area contributed by atoms with Gasteiger partial charge in [-0.3, -0.25) is 14.7 Å². The van der Waals surface area contributed by atoms with Gasteiger partial charge >= 0.3 is 0 Å². The Labute approximate surface area is 169 Å². The van der Waals surface area contributed by atoms with E-state index in [4.69, 9.17) is 10.7 Å². The average Bonchev–Trinajstić information content (AvgIpc) is 3.04. The van der Waals surface area contributed by atoms with Crippen LogP contribution < -0.4 is 5.73 Å². The molecule has 0 aliphatic heterocycles. The maximum Gasteiger partial charge on any atom is 0.248 e. The lowest BCUT2D eigenvalue weighted by atomic mass is 10.1. The van der Waals surface area contributed by atoms with E-state index in [0.717, 1.165) is 46.8 Å². The molecule has 0 saturated heterocycles. The van der Waals surface area contributed by atoms with Crippen LogP contribution in [0.1, 0.15) is 21.7 Å². The summed E-state index contributed by atoms with van der Waals surface area (Å²) in [6.07, 6.45) is 1.61. The minimum atomic E-state index is -0.452. The molecule has 1 amide bonds. The molecule has 0 bridgehead atoms. The molecule has 0 aliphatic carbocycles. The molecule has 6 nitrogen and oxygen atoms in total. The molecule has 0 spiro atoms. The average molecular weight is 385 g/mol. The van der Waals surface area contributed by atoms with E-state index in [-0.39, 0.29) is 0 Å². The van der Waals surface area contributed by atoms with Crippen molar-refractivity contribution in [1.29, 1.82) is 0 Å². The van der Waals surface area contributed by atoms with Crippen LogP contribution in [0.15, 0.2) is 66.9 Å². The van der Waals surface area contributed by atoms with Crippen LogP contribution in [0, 0.1) is 0 Å². The first kappa shape index (κ1) is 18.8. The number of aryl methyl sites for hydroxylation is 1. The molecule has 2 aromatic heterocycles. The second-order valence-electron chi connectivity index (χ2n) is 7.24. The summed E-state index contributed by atoms with van der Waals surface area (Å²) in [4.78, 5) is 22.8. The van der Waals surface area contributed by atoms with E-state index >= 15 is 0 Å². The zero-order chi connectivity index (χ0) is 20.4. The van der Waals surface area contributed by atoms with E-state index in [0.29, 0.717) is 5.56 Å². The summed E-state index contributed by atoms with van der Waals surface area (Å²) in [7, 11) is 4.13.